The van der Waals surface area contributed by atoms with Crippen molar-refractivity contribution in [1.29, 1.82) is 0 Å². The number of aromatic nitrogens is 2. The summed E-state index contributed by atoms with van der Waals surface area (Å²) in [5, 5.41) is 7.48. The van der Waals surface area contributed by atoms with Gasteiger partial charge in [-0.3, -0.25) is 4.79 Å². The predicted molar refractivity (Wildman–Crippen MR) is 133 cm³/mol. The fourth-order valence-corrected chi connectivity index (χ4v) is 3.53. The van der Waals surface area contributed by atoms with Gasteiger partial charge < -0.3 is 20.0 Å². The molecule has 0 fully saturated rings. The molecule has 2 aromatic heterocycles. The summed E-state index contributed by atoms with van der Waals surface area (Å²) in [5.74, 6) is 1.99. The first kappa shape index (κ1) is 22.3. The van der Waals surface area contributed by atoms with E-state index < -0.39 is 0 Å². The van der Waals surface area contributed by atoms with Crippen molar-refractivity contribution < 1.29 is 9.21 Å². The molecule has 33 heavy (non-hydrogen) atoms. The largest absolute Gasteiger partial charge is 0.437 e. The summed E-state index contributed by atoms with van der Waals surface area (Å²) in [6.07, 6.45) is 1.53. The SMILES string of the molecule is CC(C)CNc1ncnc2oc(-c3ccc(NCC(=O)N(C)C)cc3)c(-c3ccccc3)c12. The summed E-state index contributed by atoms with van der Waals surface area (Å²) in [7, 11) is 3.49. The maximum Gasteiger partial charge on any atom is 0.241 e. The van der Waals surface area contributed by atoms with E-state index >= 15 is 0 Å². The van der Waals surface area contributed by atoms with Gasteiger partial charge in [0, 0.05) is 37.5 Å². The van der Waals surface area contributed by atoms with E-state index in [0.29, 0.717) is 11.6 Å². The second kappa shape index (κ2) is 9.73. The van der Waals surface area contributed by atoms with Crippen molar-refractivity contribution in [3.8, 4) is 22.5 Å². The second-order valence-corrected chi connectivity index (χ2v) is 8.57. The Balaban J connectivity index is 1.76. The van der Waals surface area contributed by atoms with Gasteiger partial charge in [-0.15, -0.1) is 0 Å². The number of fused-ring (bicyclic) bond motifs is 1. The van der Waals surface area contributed by atoms with E-state index in [1.54, 1.807) is 19.0 Å². The molecule has 0 aliphatic carbocycles. The van der Waals surface area contributed by atoms with Gasteiger partial charge in [-0.2, -0.15) is 0 Å². The lowest BCUT2D eigenvalue weighted by molar-refractivity contribution is -0.126. The Morgan fingerprint density at radius 1 is 0.970 bits per heavy atom. The summed E-state index contributed by atoms with van der Waals surface area (Å²) in [6.45, 7) is 5.36. The highest BCUT2D eigenvalue weighted by Crippen LogP contribution is 2.42. The van der Waals surface area contributed by atoms with Crippen molar-refractivity contribution in [2.45, 2.75) is 13.8 Å². The highest BCUT2D eigenvalue weighted by molar-refractivity contribution is 6.05. The van der Waals surface area contributed by atoms with E-state index in [-0.39, 0.29) is 12.5 Å². The highest BCUT2D eigenvalue weighted by atomic mass is 16.3. The third-order valence-electron chi connectivity index (χ3n) is 5.32. The van der Waals surface area contributed by atoms with Gasteiger partial charge in [0.2, 0.25) is 11.6 Å². The first-order chi connectivity index (χ1) is 15.9. The monoisotopic (exact) mass is 443 g/mol. The van der Waals surface area contributed by atoms with Crippen molar-refractivity contribution in [3.05, 3.63) is 60.9 Å². The van der Waals surface area contributed by atoms with Crippen LogP contribution < -0.4 is 10.6 Å². The molecule has 0 saturated carbocycles. The number of hydrogen-bond donors (Lipinski definition) is 2. The first-order valence-corrected chi connectivity index (χ1v) is 11.0. The fraction of sp³-hybridized carbons (Fsp3) is 0.269. The zero-order valence-corrected chi connectivity index (χ0v) is 19.4. The third-order valence-corrected chi connectivity index (χ3v) is 5.32. The number of likely N-dealkylation sites (N-methyl/N-ethyl adjacent to an activating group) is 1. The van der Waals surface area contributed by atoms with Crippen molar-refractivity contribution in [3.63, 3.8) is 0 Å². The van der Waals surface area contributed by atoms with Crippen LogP contribution in [0.15, 0.2) is 65.3 Å². The summed E-state index contributed by atoms with van der Waals surface area (Å²) >= 11 is 0. The topological polar surface area (TPSA) is 83.3 Å². The fourth-order valence-electron chi connectivity index (χ4n) is 3.53. The third kappa shape index (κ3) is 4.98. The minimum Gasteiger partial charge on any atom is -0.437 e. The molecule has 4 rings (SSSR count). The van der Waals surface area contributed by atoms with Crippen molar-refractivity contribution in [1.82, 2.24) is 14.9 Å². The van der Waals surface area contributed by atoms with Crippen LogP contribution in [0.5, 0.6) is 0 Å². The number of anilines is 2. The summed E-state index contributed by atoms with van der Waals surface area (Å²) < 4.78 is 6.28. The number of nitrogens with one attached hydrogen (secondary N) is 2. The molecule has 0 spiro atoms. The smallest absolute Gasteiger partial charge is 0.241 e. The molecule has 1 amide bonds. The minimum atomic E-state index is 0.0164. The number of carbonyl (C=O) groups excluding carboxylic acids is 1. The molecule has 4 aromatic rings. The number of benzene rings is 2. The maximum absolute atomic E-state index is 11.9. The van der Waals surface area contributed by atoms with Crippen LogP contribution in [0.4, 0.5) is 11.5 Å². The zero-order valence-electron chi connectivity index (χ0n) is 19.4. The van der Waals surface area contributed by atoms with Gasteiger partial charge in [-0.05, 0) is 35.7 Å². The molecule has 0 bridgehead atoms. The van der Waals surface area contributed by atoms with Crippen LogP contribution in [0.25, 0.3) is 33.6 Å². The van der Waals surface area contributed by atoms with Gasteiger partial charge >= 0.3 is 0 Å². The number of hydrogen-bond acceptors (Lipinski definition) is 6. The molecule has 0 unspecified atom stereocenters. The molecule has 170 valence electrons. The number of nitrogens with zero attached hydrogens (tertiary/aromatic N) is 3. The van der Waals surface area contributed by atoms with E-state index in [1.807, 2.05) is 42.5 Å². The van der Waals surface area contributed by atoms with Gasteiger partial charge in [-0.1, -0.05) is 44.2 Å². The second-order valence-electron chi connectivity index (χ2n) is 8.57. The van der Waals surface area contributed by atoms with Gasteiger partial charge in [0.05, 0.1) is 11.9 Å². The maximum atomic E-state index is 11.9. The average Bonchev–Trinajstić information content (AvgIpc) is 3.22. The van der Waals surface area contributed by atoms with Crippen LogP contribution in [0.3, 0.4) is 0 Å². The van der Waals surface area contributed by atoms with Gasteiger partial charge in [-0.25, -0.2) is 9.97 Å². The van der Waals surface area contributed by atoms with Crippen molar-refractivity contribution in [2.24, 2.45) is 5.92 Å². The number of amides is 1. The molecule has 2 heterocycles. The Kier molecular flexibility index (Phi) is 6.58. The number of carbonyl (C=O) groups is 1. The van der Waals surface area contributed by atoms with Gasteiger partial charge in [0.1, 0.15) is 17.9 Å². The van der Waals surface area contributed by atoms with E-state index in [9.17, 15) is 4.79 Å². The van der Waals surface area contributed by atoms with Crippen LogP contribution in [0.2, 0.25) is 0 Å². The Bertz CT molecular complexity index is 1230. The molecule has 2 aromatic carbocycles. The lowest BCUT2D eigenvalue weighted by Gasteiger charge is -2.12. The Labute approximate surface area is 193 Å². The van der Waals surface area contributed by atoms with Crippen LogP contribution in [-0.2, 0) is 4.79 Å². The average molecular weight is 444 g/mol. The van der Waals surface area contributed by atoms with E-state index in [4.69, 9.17) is 4.42 Å². The van der Waals surface area contributed by atoms with E-state index in [0.717, 1.165) is 45.9 Å². The van der Waals surface area contributed by atoms with Crippen molar-refractivity contribution in [2.75, 3.05) is 37.8 Å². The normalized spacial score (nSPS) is 11.1. The summed E-state index contributed by atoms with van der Waals surface area (Å²) in [5.41, 5.74) is 4.33. The Hall–Kier alpha value is -3.87. The zero-order chi connectivity index (χ0) is 23.4. The van der Waals surface area contributed by atoms with Gasteiger partial charge in [0.15, 0.2) is 0 Å². The minimum absolute atomic E-state index is 0.0164. The first-order valence-electron chi connectivity index (χ1n) is 11.0. The lowest BCUT2D eigenvalue weighted by atomic mass is 9.99. The predicted octanol–water partition coefficient (Wildman–Crippen LogP) is 5.12. The summed E-state index contributed by atoms with van der Waals surface area (Å²) in [4.78, 5) is 22.4. The molecular formula is C26H29N5O2. The number of rotatable bonds is 8. The van der Waals surface area contributed by atoms with Crippen LogP contribution in [0.1, 0.15) is 13.8 Å². The molecule has 2 N–H and O–H groups in total. The highest BCUT2D eigenvalue weighted by Gasteiger charge is 2.22. The Morgan fingerprint density at radius 2 is 1.70 bits per heavy atom. The molecular weight excluding hydrogens is 414 g/mol. The van der Waals surface area contributed by atoms with Crippen LogP contribution >= 0.6 is 0 Å². The molecule has 0 aliphatic rings. The summed E-state index contributed by atoms with van der Waals surface area (Å²) in [6, 6.07) is 18.0. The standard InChI is InChI=1S/C26H29N5O2/c1-17(2)14-28-25-23-22(18-8-6-5-7-9-18)24(33-26(23)30-16-29-25)19-10-12-20(13-11-19)27-15-21(32)31(3)4/h5-13,16-17,27H,14-15H2,1-4H3,(H,28,29,30). The van der Waals surface area contributed by atoms with Gasteiger partial charge in [0.25, 0.3) is 0 Å². The molecule has 0 aliphatic heterocycles. The molecule has 0 saturated heterocycles. The number of furan rings is 1. The quantitative estimate of drug-likeness (QED) is 0.393. The van der Waals surface area contributed by atoms with E-state index in [1.165, 1.54) is 6.33 Å². The molecule has 7 nitrogen and oxygen atoms in total. The lowest BCUT2D eigenvalue weighted by Crippen LogP contribution is -2.28. The van der Waals surface area contributed by atoms with Crippen LogP contribution in [-0.4, -0.2) is 48.0 Å². The van der Waals surface area contributed by atoms with E-state index in [2.05, 4.69) is 46.6 Å². The molecule has 0 atom stereocenters. The molecule has 7 heteroatoms. The van der Waals surface area contributed by atoms with Crippen molar-refractivity contribution >= 4 is 28.5 Å². The van der Waals surface area contributed by atoms with Crippen LogP contribution in [0, 0.1) is 5.92 Å². The Morgan fingerprint density at radius 3 is 2.36 bits per heavy atom. The molecule has 0 radical (unpaired) electrons.